The van der Waals surface area contributed by atoms with Crippen LogP contribution in [0.25, 0.3) is 0 Å². The molecule has 1 aromatic carbocycles. The predicted octanol–water partition coefficient (Wildman–Crippen LogP) is 1.84. The number of nitrogens with zero attached hydrogens (tertiary/aromatic N) is 4. The third kappa shape index (κ3) is 4.15. The monoisotopic (exact) mass is 362 g/mol. The van der Waals surface area contributed by atoms with E-state index in [9.17, 15) is 4.79 Å². The smallest absolute Gasteiger partial charge is 0.342 e. The Morgan fingerprint density at radius 2 is 1.58 bits per heavy atom. The molecule has 1 heterocycles. The molecule has 0 saturated heterocycles. The highest BCUT2D eigenvalue weighted by molar-refractivity contribution is 6.09. The molecule has 0 aliphatic carbocycles. The van der Waals surface area contributed by atoms with Crippen molar-refractivity contribution >= 4 is 11.7 Å². The Bertz CT molecular complexity index is 802. The van der Waals surface area contributed by atoms with Crippen molar-refractivity contribution in [2.24, 2.45) is 5.16 Å². The molecule has 0 saturated carbocycles. The summed E-state index contributed by atoms with van der Waals surface area (Å²) >= 11 is 0. The largest absolute Gasteiger partial charge is 0.467 e. The van der Waals surface area contributed by atoms with E-state index in [2.05, 4.69) is 20.1 Å². The van der Waals surface area contributed by atoms with Crippen LogP contribution in [-0.2, 0) is 9.57 Å². The third-order valence-electron chi connectivity index (χ3n) is 3.17. The molecule has 0 N–H and O–H groups in total. The van der Waals surface area contributed by atoms with Crippen molar-refractivity contribution in [1.29, 1.82) is 0 Å². The first-order valence-corrected chi connectivity index (χ1v) is 7.35. The minimum absolute atomic E-state index is 0.000233. The minimum atomic E-state index is -0.616. The number of hydrogen-bond acceptors (Lipinski definition) is 10. The first kappa shape index (κ1) is 18.9. The Morgan fingerprint density at radius 1 is 0.962 bits per heavy atom. The standard InChI is InChI=1S/C16H18N4O6/c1-9(20-25-5)10-7-6-8-11(12(10)13(21)22-2)26-16-18-14(23-3)17-15(19-16)24-4/h6-8H,1-5H3. The maximum absolute atomic E-state index is 12.3. The van der Waals surface area contributed by atoms with Gasteiger partial charge in [0.1, 0.15) is 18.4 Å². The van der Waals surface area contributed by atoms with E-state index in [1.54, 1.807) is 25.1 Å². The van der Waals surface area contributed by atoms with E-state index < -0.39 is 5.97 Å². The summed E-state index contributed by atoms with van der Waals surface area (Å²) in [4.78, 5) is 28.9. The molecular formula is C16H18N4O6. The van der Waals surface area contributed by atoms with Gasteiger partial charge in [-0.1, -0.05) is 17.3 Å². The highest BCUT2D eigenvalue weighted by Gasteiger charge is 2.22. The fraction of sp³-hybridized carbons (Fsp3) is 0.312. The number of aromatic nitrogens is 3. The molecule has 10 heteroatoms. The van der Waals surface area contributed by atoms with Crippen LogP contribution in [0.15, 0.2) is 23.4 Å². The second kappa shape index (κ2) is 8.60. The molecule has 2 rings (SSSR count). The first-order chi connectivity index (χ1) is 12.5. The molecule has 0 amide bonds. The number of methoxy groups -OCH3 is 3. The number of carbonyl (C=O) groups excluding carboxylic acids is 1. The van der Waals surface area contributed by atoms with Crippen LogP contribution in [0.5, 0.6) is 23.8 Å². The zero-order chi connectivity index (χ0) is 19.1. The predicted molar refractivity (Wildman–Crippen MR) is 90.0 cm³/mol. The number of ether oxygens (including phenoxy) is 4. The lowest BCUT2D eigenvalue weighted by Gasteiger charge is -2.13. The normalized spacial score (nSPS) is 10.9. The average molecular weight is 362 g/mol. The minimum Gasteiger partial charge on any atom is -0.467 e. The van der Waals surface area contributed by atoms with E-state index >= 15 is 0 Å². The van der Waals surface area contributed by atoms with E-state index in [1.807, 2.05) is 0 Å². The summed E-state index contributed by atoms with van der Waals surface area (Å²) in [6, 6.07) is 4.82. The van der Waals surface area contributed by atoms with Crippen LogP contribution in [0, 0.1) is 0 Å². The number of oxime groups is 1. The molecule has 0 aliphatic rings. The molecule has 0 fully saturated rings. The first-order valence-electron chi connectivity index (χ1n) is 7.35. The van der Waals surface area contributed by atoms with E-state index in [4.69, 9.17) is 23.8 Å². The van der Waals surface area contributed by atoms with Gasteiger partial charge in [-0.15, -0.1) is 15.0 Å². The van der Waals surface area contributed by atoms with Gasteiger partial charge in [0.15, 0.2) is 0 Å². The fourth-order valence-corrected chi connectivity index (χ4v) is 2.06. The van der Waals surface area contributed by atoms with Crippen LogP contribution in [-0.4, -0.2) is 55.1 Å². The molecule has 0 aliphatic heterocycles. The van der Waals surface area contributed by atoms with E-state index in [1.165, 1.54) is 28.4 Å². The summed E-state index contributed by atoms with van der Waals surface area (Å²) in [5.74, 6) is -0.454. The van der Waals surface area contributed by atoms with Gasteiger partial charge < -0.3 is 23.8 Å². The van der Waals surface area contributed by atoms with Gasteiger partial charge in [-0.25, -0.2) is 4.79 Å². The van der Waals surface area contributed by atoms with Gasteiger partial charge in [-0.05, 0) is 13.0 Å². The summed E-state index contributed by atoms with van der Waals surface area (Å²) < 4.78 is 20.5. The van der Waals surface area contributed by atoms with Crippen LogP contribution in [0.3, 0.4) is 0 Å². The number of benzene rings is 1. The number of rotatable bonds is 7. The van der Waals surface area contributed by atoms with E-state index in [0.29, 0.717) is 11.3 Å². The highest BCUT2D eigenvalue weighted by Crippen LogP contribution is 2.28. The maximum atomic E-state index is 12.3. The Balaban J connectivity index is 2.54. The van der Waals surface area contributed by atoms with Crippen LogP contribution < -0.4 is 14.2 Å². The van der Waals surface area contributed by atoms with Gasteiger partial charge in [0, 0.05) is 5.56 Å². The summed E-state index contributed by atoms with van der Waals surface area (Å²) in [6.45, 7) is 1.68. The molecule has 0 spiro atoms. The topological polar surface area (TPSA) is 114 Å². The second-order valence-corrected chi connectivity index (χ2v) is 4.72. The molecule has 1 aromatic heterocycles. The third-order valence-corrected chi connectivity index (χ3v) is 3.17. The zero-order valence-corrected chi connectivity index (χ0v) is 15.0. The summed E-state index contributed by atoms with van der Waals surface area (Å²) in [5.41, 5.74) is 1.08. The molecule has 0 unspecified atom stereocenters. The Kier molecular flexibility index (Phi) is 6.25. The summed E-state index contributed by atoms with van der Waals surface area (Å²) in [7, 11) is 5.46. The molecular weight excluding hydrogens is 344 g/mol. The fourth-order valence-electron chi connectivity index (χ4n) is 2.06. The average Bonchev–Trinajstić information content (AvgIpc) is 2.67. The van der Waals surface area contributed by atoms with Crippen LogP contribution >= 0.6 is 0 Å². The zero-order valence-electron chi connectivity index (χ0n) is 15.0. The molecule has 2 aromatic rings. The Labute approximate surface area is 149 Å². The Morgan fingerprint density at radius 3 is 2.12 bits per heavy atom. The van der Waals surface area contributed by atoms with Gasteiger partial charge in [0.05, 0.1) is 27.0 Å². The lowest BCUT2D eigenvalue weighted by atomic mass is 10.0. The summed E-state index contributed by atoms with van der Waals surface area (Å²) in [5, 5.41) is 3.85. The van der Waals surface area contributed by atoms with E-state index in [0.717, 1.165) is 0 Å². The second-order valence-electron chi connectivity index (χ2n) is 4.72. The quantitative estimate of drug-likeness (QED) is 0.413. The molecule has 26 heavy (non-hydrogen) atoms. The van der Waals surface area contributed by atoms with Crippen LogP contribution in [0.2, 0.25) is 0 Å². The van der Waals surface area contributed by atoms with Crippen LogP contribution in [0.1, 0.15) is 22.8 Å². The van der Waals surface area contributed by atoms with Gasteiger partial charge in [0.25, 0.3) is 0 Å². The maximum Gasteiger partial charge on any atom is 0.342 e. The number of hydrogen-bond donors (Lipinski definition) is 0. The van der Waals surface area contributed by atoms with Gasteiger partial charge in [-0.3, -0.25) is 0 Å². The lowest BCUT2D eigenvalue weighted by Crippen LogP contribution is -2.12. The molecule has 138 valence electrons. The van der Waals surface area contributed by atoms with Crippen molar-refractivity contribution in [2.45, 2.75) is 6.92 Å². The van der Waals surface area contributed by atoms with Crippen molar-refractivity contribution in [3.8, 4) is 23.8 Å². The van der Waals surface area contributed by atoms with Crippen molar-refractivity contribution in [3.05, 3.63) is 29.3 Å². The summed E-state index contributed by atoms with van der Waals surface area (Å²) in [6.07, 6.45) is 0. The highest BCUT2D eigenvalue weighted by atomic mass is 16.6. The van der Waals surface area contributed by atoms with Gasteiger partial charge in [0.2, 0.25) is 0 Å². The van der Waals surface area contributed by atoms with Gasteiger partial charge in [-0.2, -0.15) is 0 Å². The molecule has 0 atom stereocenters. The Hall–Kier alpha value is -3.43. The molecule has 0 radical (unpaired) electrons. The lowest BCUT2D eigenvalue weighted by molar-refractivity contribution is 0.0597. The van der Waals surface area contributed by atoms with Crippen molar-refractivity contribution in [3.63, 3.8) is 0 Å². The molecule has 0 bridgehead atoms. The number of esters is 1. The van der Waals surface area contributed by atoms with Crippen molar-refractivity contribution in [1.82, 2.24) is 15.0 Å². The number of carbonyl (C=O) groups is 1. The molecule has 10 nitrogen and oxygen atoms in total. The van der Waals surface area contributed by atoms with E-state index in [-0.39, 0.29) is 29.3 Å². The van der Waals surface area contributed by atoms with Gasteiger partial charge >= 0.3 is 24.0 Å². The van der Waals surface area contributed by atoms with Crippen molar-refractivity contribution < 1.29 is 28.6 Å². The van der Waals surface area contributed by atoms with Crippen molar-refractivity contribution in [2.75, 3.05) is 28.4 Å². The van der Waals surface area contributed by atoms with Crippen LogP contribution in [0.4, 0.5) is 0 Å². The SMILES string of the molecule is CON=C(C)c1cccc(Oc2nc(OC)nc(OC)n2)c1C(=O)OC.